The van der Waals surface area contributed by atoms with Gasteiger partial charge in [-0.3, -0.25) is 9.59 Å². The molecule has 18 heavy (non-hydrogen) atoms. The van der Waals surface area contributed by atoms with E-state index in [1.54, 1.807) is 18.2 Å². The molecule has 0 aromatic heterocycles. The highest BCUT2D eigenvalue weighted by Crippen LogP contribution is 2.07. The van der Waals surface area contributed by atoms with Crippen LogP contribution < -0.4 is 10.6 Å². The number of rotatable bonds is 6. The van der Waals surface area contributed by atoms with Gasteiger partial charge in [-0.1, -0.05) is 19.1 Å². The van der Waals surface area contributed by atoms with Crippen molar-refractivity contribution in [1.82, 2.24) is 10.6 Å². The van der Waals surface area contributed by atoms with E-state index in [1.165, 1.54) is 0 Å². The van der Waals surface area contributed by atoms with Crippen molar-refractivity contribution in [1.29, 1.82) is 0 Å². The maximum atomic E-state index is 11.8. The maximum Gasteiger partial charge on any atom is 0.251 e. The number of hydrogen-bond donors (Lipinski definition) is 2. The van der Waals surface area contributed by atoms with E-state index in [0.717, 1.165) is 12.0 Å². The second kappa shape index (κ2) is 7.71. The molecule has 0 fully saturated rings. The number of hydrogen-bond acceptors (Lipinski definition) is 2. The van der Waals surface area contributed by atoms with Gasteiger partial charge >= 0.3 is 0 Å². The van der Waals surface area contributed by atoms with Gasteiger partial charge in [0.05, 0.1) is 6.54 Å². The fourth-order valence-corrected chi connectivity index (χ4v) is 1.55. The molecule has 0 radical (unpaired) electrons. The topological polar surface area (TPSA) is 58.2 Å². The Kier molecular flexibility index (Phi) is 6.22. The molecule has 0 unspecified atom stereocenters. The van der Waals surface area contributed by atoms with Gasteiger partial charge in [0.2, 0.25) is 5.91 Å². The molecule has 0 atom stereocenters. The summed E-state index contributed by atoms with van der Waals surface area (Å²) in [5.74, 6) is -0.0923. The fraction of sp³-hybridized carbons (Fsp3) is 0.385. The molecule has 0 spiro atoms. The molecule has 1 aromatic rings. The van der Waals surface area contributed by atoms with E-state index in [0.29, 0.717) is 18.0 Å². The minimum Gasteiger partial charge on any atom is -0.355 e. The lowest BCUT2D eigenvalue weighted by atomic mass is 10.1. The van der Waals surface area contributed by atoms with Crippen molar-refractivity contribution in [3.63, 3.8) is 0 Å². The number of carbonyl (C=O) groups excluding carboxylic acids is 2. The third-order valence-corrected chi connectivity index (χ3v) is 2.63. The van der Waals surface area contributed by atoms with Crippen LogP contribution in [0.25, 0.3) is 0 Å². The van der Waals surface area contributed by atoms with Gasteiger partial charge in [-0.15, -0.1) is 11.6 Å². The Labute approximate surface area is 112 Å². The van der Waals surface area contributed by atoms with E-state index in [4.69, 9.17) is 11.6 Å². The molecule has 0 aliphatic heterocycles. The zero-order valence-corrected chi connectivity index (χ0v) is 11.1. The van der Waals surface area contributed by atoms with Gasteiger partial charge in [-0.2, -0.15) is 0 Å². The highest BCUT2D eigenvalue weighted by molar-refractivity contribution is 6.17. The Bertz CT molecular complexity index is 421. The third-order valence-electron chi connectivity index (χ3n) is 2.33. The SMILES string of the molecule is CCCNC(=O)CNC(=O)c1cccc(CCl)c1. The lowest BCUT2D eigenvalue weighted by Gasteiger charge is -2.06. The number of alkyl halides is 1. The first-order valence-electron chi connectivity index (χ1n) is 5.87. The van der Waals surface area contributed by atoms with Crippen LogP contribution in [0.2, 0.25) is 0 Å². The predicted octanol–water partition coefficient (Wildman–Crippen LogP) is 1.68. The molecule has 0 aliphatic rings. The lowest BCUT2D eigenvalue weighted by molar-refractivity contribution is -0.120. The minimum atomic E-state index is -0.270. The summed E-state index contributed by atoms with van der Waals surface area (Å²) in [6.07, 6.45) is 0.872. The molecule has 0 saturated heterocycles. The zero-order valence-electron chi connectivity index (χ0n) is 10.3. The van der Waals surface area contributed by atoms with Gasteiger partial charge < -0.3 is 10.6 Å². The summed E-state index contributed by atoms with van der Waals surface area (Å²) in [6, 6.07) is 7.02. The van der Waals surface area contributed by atoms with Gasteiger partial charge in [-0.25, -0.2) is 0 Å². The van der Waals surface area contributed by atoms with Crippen molar-refractivity contribution >= 4 is 23.4 Å². The maximum absolute atomic E-state index is 11.8. The summed E-state index contributed by atoms with van der Waals surface area (Å²) in [5.41, 5.74) is 1.39. The van der Waals surface area contributed by atoms with Crippen LogP contribution in [0.3, 0.4) is 0 Å². The number of amides is 2. The number of benzene rings is 1. The number of halogens is 1. The van der Waals surface area contributed by atoms with Crippen LogP contribution in [-0.4, -0.2) is 24.9 Å². The van der Waals surface area contributed by atoms with Crippen LogP contribution in [0.1, 0.15) is 29.3 Å². The Morgan fingerprint density at radius 2 is 2.06 bits per heavy atom. The number of nitrogens with one attached hydrogen (secondary N) is 2. The summed E-state index contributed by atoms with van der Waals surface area (Å²) in [6.45, 7) is 2.58. The molecule has 0 bridgehead atoms. The van der Waals surface area contributed by atoms with Crippen molar-refractivity contribution in [2.24, 2.45) is 0 Å². The Morgan fingerprint density at radius 1 is 1.28 bits per heavy atom. The van der Waals surface area contributed by atoms with Crippen molar-refractivity contribution in [2.45, 2.75) is 19.2 Å². The zero-order chi connectivity index (χ0) is 13.4. The van der Waals surface area contributed by atoms with Crippen molar-refractivity contribution in [2.75, 3.05) is 13.1 Å². The largest absolute Gasteiger partial charge is 0.355 e. The second-order valence-electron chi connectivity index (χ2n) is 3.87. The van der Waals surface area contributed by atoms with Crippen molar-refractivity contribution < 1.29 is 9.59 Å². The van der Waals surface area contributed by atoms with Crippen LogP contribution in [0, 0.1) is 0 Å². The molecule has 0 aliphatic carbocycles. The normalized spacial score (nSPS) is 9.89. The van der Waals surface area contributed by atoms with E-state index >= 15 is 0 Å². The van der Waals surface area contributed by atoms with Gasteiger partial charge in [0.25, 0.3) is 5.91 Å². The summed E-state index contributed by atoms with van der Waals surface area (Å²) in [7, 11) is 0. The monoisotopic (exact) mass is 268 g/mol. The predicted molar refractivity (Wildman–Crippen MR) is 71.6 cm³/mol. The molecule has 1 rings (SSSR count). The van der Waals surface area contributed by atoms with Gasteiger partial charge in [0.15, 0.2) is 0 Å². The van der Waals surface area contributed by atoms with Crippen LogP contribution in [0.5, 0.6) is 0 Å². The Balaban J connectivity index is 2.47. The number of carbonyl (C=O) groups is 2. The molecule has 98 valence electrons. The van der Waals surface area contributed by atoms with E-state index < -0.39 is 0 Å². The van der Waals surface area contributed by atoms with E-state index in [1.807, 2.05) is 13.0 Å². The smallest absolute Gasteiger partial charge is 0.251 e. The highest BCUT2D eigenvalue weighted by atomic mass is 35.5. The van der Waals surface area contributed by atoms with Gasteiger partial charge in [0, 0.05) is 18.0 Å². The van der Waals surface area contributed by atoms with E-state index in [-0.39, 0.29) is 18.4 Å². The Hall–Kier alpha value is -1.55. The average Bonchev–Trinajstić information content (AvgIpc) is 2.42. The molecular formula is C13H17ClN2O2. The molecule has 2 amide bonds. The molecule has 4 nitrogen and oxygen atoms in total. The summed E-state index contributed by atoms with van der Waals surface area (Å²) in [5, 5.41) is 5.25. The molecule has 1 aromatic carbocycles. The van der Waals surface area contributed by atoms with Crippen LogP contribution in [0.4, 0.5) is 0 Å². The fourth-order valence-electron chi connectivity index (χ4n) is 1.39. The van der Waals surface area contributed by atoms with Crippen molar-refractivity contribution in [3.05, 3.63) is 35.4 Å². The minimum absolute atomic E-state index is 0.00998. The highest BCUT2D eigenvalue weighted by Gasteiger charge is 2.07. The average molecular weight is 269 g/mol. The standard InChI is InChI=1S/C13H17ClN2O2/c1-2-6-15-12(17)9-16-13(18)11-5-3-4-10(7-11)8-14/h3-5,7H,2,6,8-9H2,1H3,(H,15,17)(H,16,18). The van der Waals surface area contributed by atoms with E-state index in [9.17, 15) is 9.59 Å². The van der Waals surface area contributed by atoms with Crippen LogP contribution in [0.15, 0.2) is 24.3 Å². The first-order chi connectivity index (χ1) is 8.67. The van der Waals surface area contributed by atoms with Gasteiger partial charge in [-0.05, 0) is 24.1 Å². The summed E-state index contributed by atoms with van der Waals surface area (Å²) in [4.78, 5) is 23.1. The van der Waals surface area contributed by atoms with E-state index in [2.05, 4.69) is 10.6 Å². The first kappa shape index (κ1) is 14.5. The first-order valence-corrected chi connectivity index (χ1v) is 6.40. The molecule has 5 heteroatoms. The summed E-state index contributed by atoms with van der Waals surface area (Å²) < 4.78 is 0. The van der Waals surface area contributed by atoms with Crippen LogP contribution >= 0.6 is 11.6 Å². The second-order valence-corrected chi connectivity index (χ2v) is 4.13. The molecular weight excluding hydrogens is 252 g/mol. The third kappa shape index (κ3) is 4.75. The lowest BCUT2D eigenvalue weighted by Crippen LogP contribution is -2.37. The van der Waals surface area contributed by atoms with Crippen molar-refractivity contribution in [3.8, 4) is 0 Å². The molecule has 0 saturated carbocycles. The Morgan fingerprint density at radius 3 is 2.72 bits per heavy atom. The van der Waals surface area contributed by atoms with Crippen LogP contribution in [-0.2, 0) is 10.7 Å². The summed E-state index contributed by atoms with van der Waals surface area (Å²) >= 11 is 5.69. The van der Waals surface area contributed by atoms with Gasteiger partial charge in [0.1, 0.15) is 0 Å². The quantitative estimate of drug-likeness (QED) is 0.772. The molecule has 2 N–H and O–H groups in total. The molecule has 0 heterocycles.